The highest BCUT2D eigenvalue weighted by Gasteiger charge is 2.13. The molecule has 0 radical (unpaired) electrons. The smallest absolute Gasteiger partial charge is 0.00462 e. The molecule has 1 fully saturated rings. The van der Waals surface area contributed by atoms with Crippen LogP contribution < -0.4 is 5.32 Å². The van der Waals surface area contributed by atoms with Crippen molar-refractivity contribution in [3.8, 4) is 0 Å². The molecule has 1 saturated heterocycles. The van der Waals surface area contributed by atoms with Gasteiger partial charge in [0.25, 0.3) is 0 Å². The third-order valence-electron chi connectivity index (χ3n) is 4.42. The Bertz CT molecular complexity index is 331. The van der Waals surface area contributed by atoms with Crippen LogP contribution in [0.3, 0.4) is 0 Å². The maximum Gasteiger partial charge on any atom is -0.00462 e. The average Bonchev–Trinajstić information content (AvgIpc) is 2.43. The van der Waals surface area contributed by atoms with Gasteiger partial charge >= 0.3 is 0 Å². The van der Waals surface area contributed by atoms with Crippen molar-refractivity contribution in [2.24, 2.45) is 5.92 Å². The molecule has 0 bridgehead atoms. The van der Waals surface area contributed by atoms with E-state index in [1.165, 1.54) is 56.3 Å². The van der Waals surface area contributed by atoms with Gasteiger partial charge in [-0.25, -0.2) is 0 Å². The van der Waals surface area contributed by atoms with Crippen LogP contribution in [0.2, 0.25) is 0 Å². The van der Waals surface area contributed by atoms with Gasteiger partial charge in [0.1, 0.15) is 0 Å². The molecule has 1 heteroatoms. The second-order valence-corrected chi connectivity index (χ2v) is 5.65. The van der Waals surface area contributed by atoms with Crippen molar-refractivity contribution in [1.29, 1.82) is 0 Å². The van der Waals surface area contributed by atoms with E-state index in [4.69, 9.17) is 0 Å². The van der Waals surface area contributed by atoms with Crippen molar-refractivity contribution in [3.05, 3.63) is 35.4 Å². The first-order valence-corrected chi connectivity index (χ1v) is 7.63. The summed E-state index contributed by atoms with van der Waals surface area (Å²) in [4.78, 5) is 0. The molecule has 1 nitrogen and oxygen atoms in total. The monoisotopic (exact) mass is 245 g/mol. The molecule has 0 aliphatic carbocycles. The third kappa shape index (κ3) is 3.58. The zero-order valence-corrected chi connectivity index (χ0v) is 11.9. The maximum absolute atomic E-state index is 3.44. The molecule has 1 aromatic carbocycles. The molecule has 18 heavy (non-hydrogen) atoms. The fourth-order valence-electron chi connectivity index (χ4n) is 3.11. The Kier molecular flexibility index (Phi) is 5.25. The summed E-state index contributed by atoms with van der Waals surface area (Å²) in [7, 11) is 0. The van der Waals surface area contributed by atoms with Crippen LogP contribution in [0, 0.1) is 5.92 Å². The van der Waals surface area contributed by atoms with E-state index in [1.54, 1.807) is 0 Å². The summed E-state index contributed by atoms with van der Waals surface area (Å²) in [6.45, 7) is 6.99. The molecule has 1 N–H and O–H groups in total. The first kappa shape index (κ1) is 13.6. The second kappa shape index (κ2) is 6.94. The topological polar surface area (TPSA) is 12.0 Å². The van der Waals surface area contributed by atoms with Crippen molar-refractivity contribution in [2.75, 3.05) is 13.1 Å². The van der Waals surface area contributed by atoms with Crippen molar-refractivity contribution in [3.63, 3.8) is 0 Å². The summed E-state index contributed by atoms with van der Waals surface area (Å²) in [5, 5.41) is 3.44. The zero-order valence-electron chi connectivity index (χ0n) is 11.9. The fourth-order valence-corrected chi connectivity index (χ4v) is 3.11. The van der Waals surface area contributed by atoms with Gasteiger partial charge in [0.2, 0.25) is 0 Å². The predicted octanol–water partition coefficient (Wildman–Crippen LogP) is 4.13. The highest BCUT2D eigenvalue weighted by molar-refractivity contribution is 5.25. The first-order valence-electron chi connectivity index (χ1n) is 7.63. The van der Waals surface area contributed by atoms with Crippen molar-refractivity contribution < 1.29 is 0 Å². The molecular weight excluding hydrogens is 218 g/mol. The number of benzene rings is 1. The first-order chi connectivity index (χ1) is 8.83. The quantitative estimate of drug-likeness (QED) is 0.822. The molecule has 0 unspecified atom stereocenters. The summed E-state index contributed by atoms with van der Waals surface area (Å²) < 4.78 is 0. The van der Waals surface area contributed by atoms with Crippen LogP contribution in [-0.4, -0.2) is 13.1 Å². The van der Waals surface area contributed by atoms with Crippen molar-refractivity contribution >= 4 is 0 Å². The van der Waals surface area contributed by atoms with Crippen LogP contribution in [0.4, 0.5) is 0 Å². The van der Waals surface area contributed by atoms with Crippen LogP contribution in [0.15, 0.2) is 24.3 Å². The Hall–Kier alpha value is -0.820. The molecule has 1 heterocycles. The Morgan fingerprint density at radius 1 is 1.06 bits per heavy atom. The van der Waals surface area contributed by atoms with Gasteiger partial charge in [0, 0.05) is 0 Å². The number of hydrogen-bond donors (Lipinski definition) is 1. The number of hydrogen-bond acceptors (Lipinski definition) is 1. The molecule has 1 aliphatic rings. The van der Waals surface area contributed by atoms with Crippen LogP contribution in [0.5, 0.6) is 0 Å². The van der Waals surface area contributed by atoms with E-state index in [1.807, 2.05) is 0 Å². The van der Waals surface area contributed by atoms with Crippen LogP contribution in [0.1, 0.15) is 56.6 Å². The van der Waals surface area contributed by atoms with Crippen LogP contribution in [0.25, 0.3) is 0 Å². The van der Waals surface area contributed by atoms with E-state index >= 15 is 0 Å². The molecule has 0 atom stereocenters. The Morgan fingerprint density at radius 3 is 2.22 bits per heavy atom. The molecular formula is C17H27N. The lowest BCUT2D eigenvalue weighted by Crippen LogP contribution is -2.28. The largest absolute Gasteiger partial charge is 0.317 e. The summed E-state index contributed by atoms with van der Waals surface area (Å²) in [5.41, 5.74) is 3.05. The minimum atomic E-state index is 0.748. The molecule has 0 saturated carbocycles. The van der Waals surface area contributed by atoms with Gasteiger partial charge in [-0.05, 0) is 68.2 Å². The summed E-state index contributed by atoms with van der Waals surface area (Å²) >= 11 is 0. The number of rotatable bonds is 5. The fraction of sp³-hybridized carbons (Fsp3) is 0.647. The van der Waals surface area contributed by atoms with Gasteiger partial charge in [0.05, 0.1) is 0 Å². The second-order valence-electron chi connectivity index (χ2n) is 5.65. The van der Waals surface area contributed by atoms with E-state index in [-0.39, 0.29) is 0 Å². The molecule has 1 aliphatic heterocycles. The minimum absolute atomic E-state index is 0.748. The van der Waals surface area contributed by atoms with Gasteiger partial charge in [-0.1, -0.05) is 38.1 Å². The van der Waals surface area contributed by atoms with Crippen molar-refractivity contribution in [2.45, 2.75) is 51.9 Å². The Labute approximate surface area is 112 Å². The van der Waals surface area contributed by atoms with E-state index < -0.39 is 0 Å². The summed E-state index contributed by atoms with van der Waals surface area (Å²) in [6.07, 6.45) is 6.46. The minimum Gasteiger partial charge on any atom is -0.317 e. The predicted molar refractivity (Wildman–Crippen MR) is 79.1 cm³/mol. The van der Waals surface area contributed by atoms with Crippen LogP contribution in [-0.2, 0) is 6.42 Å². The normalized spacial score (nSPS) is 17.3. The van der Waals surface area contributed by atoms with Gasteiger partial charge in [-0.2, -0.15) is 0 Å². The van der Waals surface area contributed by atoms with Gasteiger partial charge in [-0.3, -0.25) is 0 Å². The van der Waals surface area contributed by atoms with E-state index in [0.29, 0.717) is 0 Å². The molecule has 2 rings (SSSR count). The lowest BCUT2D eigenvalue weighted by atomic mass is 9.89. The molecule has 0 spiro atoms. The maximum atomic E-state index is 3.44. The van der Waals surface area contributed by atoms with Gasteiger partial charge in [-0.15, -0.1) is 0 Å². The Morgan fingerprint density at radius 2 is 1.67 bits per heavy atom. The zero-order chi connectivity index (χ0) is 12.8. The van der Waals surface area contributed by atoms with E-state index in [9.17, 15) is 0 Å². The van der Waals surface area contributed by atoms with E-state index in [2.05, 4.69) is 43.4 Å². The molecule has 1 aromatic rings. The van der Waals surface area contributed by atoms with Crippen LogP contribution >= 0.6 is 0 Å². The average molecular weight is 245 g/mol. The molecule has 100 valence electrons. The van der Waals surface area contributed by atoms with Gasteiger partial charge in [0.15, 0.2) is 0 Å². The summed E-state index contributed by atoms with van der Waals surface area (Å²) in [5.74, 6) is 1.64. The standard InChI is InChI=1S/C17H27N/c1-3-16(4-2)17-7-5-14(6-8-17)13-15-9-11-18-12-10-15/h5-8,15-16,18H,3-4,9-13H2,1-2H3. The highest BCUT2D eigenvalue weighted by Crippen LogP contribution is 2.24. The lowest BCUT2D eigenvalue weighted by molar-refractivity contribution is 0.372. The third-order valence-corrected chi connectivity index (χ3v) is 4.42. The lowest BCUT2D eigenvalue weighted by Gasteiger charge is -2.22. The number of nitrogens with one attached hydrogen (secondary N) is 1. The summed E-state index contributed by atoms with van der Waals surface area (Å²) in [6, 6.07) is 9.42. The SMILES string of the molecule is CCC(CC)c1ccc(CC2CCNCC2)cc1. The van der Waals surface area contributed by atoms with Gasteiger partial charge < -0.3 is 5.32 Å². The number of piperidine rings is 1. The highest BCUT2D eigenvalue weighted by atomic mass is 14.9. The van der Waals surface area contributed by atoms with E-state index in [0.717, 1.165) is 11.8 Å². The molecule has 0 amide bonds. The molecule has 0 aromatic heterocycles. The van der Waals surface area contributed by atoms with Crippen molar-refractivity contribution in [1.82, 2.24) is 5.32 Å². The Balaban J connectivity index is 1.94.